The summed E-state index contributed by atoms with van der Waals surface area (Å²) in [6.45, 7) is 0. The molecule has 0 fully saturated rings. The van der Waals surface area contributed by atoms with Gasteiger partial charge in [-0.1, -0.05) is 0 Å². The molecule has 0 radical (unpaired) electrons. The Morgan fingerprint density at radius 1 is 1.04 bits per heavy atom. The van der Waals surface area contributed by atoms with Gasteiger partial charge in [0.1, 0.15) is 5.52 Å². The largest absolute Gasteiger partial charge is 0.436 e. The van der Waals surface area contributed by atoms with Crippen LogP contribution in [-0.2, 0) is 0 Å². The van der Waals surface area contributed by atoms with E-state index in [1.165, 1.54) is 12.1 Å². The second-order valence-electron chi connectivity index (χ2n) is 5.78. The van der Waals surface area contributed by atoms with Gasteiger partial charge in [-0.3, -0.25) is 15.1 Å². The molecule has 0 unspecified atom stereocenters. The van der Waals surface area contributed by atoms with Gasteiger partial charge < -0.3 is 4.42 Å². The van der Waals surface area contributed by atoms with Gasteiger partial charge in [-0.15, -0.1) is 0 Å². The van der Waals surface area contributed by atoms with Crippen molar-refractivity contribution in [1.82, 2.24) is 4.98 Å². The van der Waals surface area contributed by atoms with Gasteiger partial charge in [-0.05, 0) is 82.8 Å². The van der Waals surface area contributed by atoms with Crippen LogP contribution in [0.2, 0.25) is 0 Å². The summed E-state index contributed by atoms with van der Waals surface area (Å²) in [5.74, 6) is 0.567. The van der Waals surface area contributed by atoms with E-state index in [-0.39, 0.29) is 5.69 Å². The minimum absolute atomic E-state index is 0.0549. The van der Waals surface area contributed by atoms with Gasteiger partial charge in [0.15, 0.2) is 5.58 Å². The Kier molecular flexibility index (Phi) is 4.68. The molecule has 27 heavy (non-hydrogen) atoms. The average Bonchev–Trinajstić information content (AvgIpc) is 3.10. The molecule has 4 aromatic rings. The van der Waals surface area contributed by atoms with Crippen LogP contribution in [0.15, 0.2) is 76.1 Å². The molecule has 0 saturated carbocycles. The molecule has 0 saturated heterocycles. The fourth-order valence-electron chi connectivity index (χ4n) is 2.54. The van der Waals surface area contributed by atoms with Crippen molar-refractivity contribution >= 4 is 51.3 Å². The number of benzene rings is 3. The second kappa shape index (κ2) is 7.28. The van der Waals surface area contributed by atoms with Crippen LogP contribution in [0.3, 0.4) is 0 Å². The highest BCUT2D eigenvalue weighted by Crippen LogP contribution is 2.27. The van der Waals surface area contributed by atoms with Crippen LogP contribution in [0, 0.1) is 13.7 Å². The van der Waals surface area contributed by atoms with Crippen LogP contribution >= 0.6 is 22.6 Å². The molecule has 7 heteroatoms. The first kappa shape index (κ1) is 17.3. The molecular weight excluding hydrogens is 457 g/mol. The quantitative estimate of drug-likeness (QED) is 0.165. The van der Waals surface area contributed by atoms with E-state index < -0.39 is 4.92 Å². The second-order valence-corrected chi connectivity index (χ2v) is 7.03. The van der Waals surface area contributed by atoms with E-state index in [9.17, 15) is 10.1 Å². The van der Waals surface area contributed by atoms with Crippen LogP contribution in [0.1, 0.15) is 5.56 Å². The van der Waals surface area contributed by atoms with Crippen molar-refractivity contribution in [2.75, 3.05) is 0 Å². The highest BCUT2D eigenvalue weighted by molar-refractivity contribution is 14.1. The van der Waals surface area contributed by atoms with Crippen molar-refractivity contribution in [2.24, 2.45) is 4.99 Å². The number of non-ortho nitro benzene ring substituents is 1. The Bertz CT molecular complexity index is 1150. The lowest BCUT2D eigenvalue weighted by atomic mass is 10.2. The zero-order chi connectivity index (χ0) is 18.8. The summed E-state index contributed by atoms with van der Waals surface area (Å²) in [7, 11) is 0. The van der Waals surface area contributed by atoms with Crippen molar-refractivity contribution < 1.29 is 9.34 Å². The number of halogens is 1. The number of rotatable bonds is 4. The van der Waals surface area contributed by atoms with Crippen molar-refractivity contribution in [3.63, 3.8) is 0 Å². The van der Waals surface area contributed by atoms with Crippen molar-refractivity contribution in [3.8, 4) is 11.5 Å². The van der Waals surface area contributed by atoms with Crippen molar-refractivity contribution in [3.05, 3.63) is 86.0 Å². The predicted octanol–water partition coefficient (Wildman–Crippen LogP) is 5.76. The number of nitro benzene ring substituents is 1. The van der Waals surface area contributed by atoms with Gasteiger partial charge in [0, 0.05) is 27.5 Å². The minimum atomic E-state index is -0.426. The third-order valence-electron chi connectivity index (χ3n) is 3.93. The lowest BCUT2D eigenvalue weighted by molar-refractivity contribution is -0.384. The molecule has 1 aromatic heterocycles. The Balaban J connectivity index is 1.59. The van der Waals surface area contributed by atoms with E-state index in [4.69, 9.17) is 4.42 Å². The number of oxazole rings is 1. The van der Waals surface area contributed by atoms with Gasteiger partial charge in [0.2, 0.25) is 5.89 Å². The lowest BCUT2D eigenvalue weighted by Gasteiger charge is -1.95. The molecule has 0 aliphatic heterocycles. The molecule has 0 atom stereocenters. The SMILES string of the molecule is O=[N+]([O-])c1ccc(C=Nc2ccc3oc(-c4ccc(I)cc4)nc3c2)cc1. The van der Waals surface area contributed by atoms with Gasteiger partial charge in [0.25, 0.3) is 5.69 Å². The fraction of sp³-hybridized carbons (Fsp3) is 0. The minimum Gasteiger partial charge on any atom is -0.436 e. The van der Waals surface area contributed by atoms with E-state index in [1.807, 2.05) is 42.5 Å². The van der Waals surface area contributed by atoms with Crippen LogP contribution in [0.25, 0.3) is 22.6 Å². The first-order valence-electron chi connectivity index (χ1n) is 8.03. The zero-order valence-electron chi connectivity index (χ0n) is 13.9. The third kappa shape index (κ3) is 3.87. The molecule has 0 aliphatic carbocycles. The number of fused-ring (bicyclic) bond motifs is 1. The summed E-state index contributed by atoms with van der Waals surface area (Å²) >= 11 is 2.25. The Morgan fingerprint density at radius 2 is 1.78 bits per heavy atom. The predicted molar refractivity (Wildman–Crippen MR) is 113 cm³/mol. The van der Waals surface area contributed by atoms with Crippen molar-refractivity contribution in [2.45, 2.75) is 0 Å². The van der Waals surface area contributed by atoms with E-state index >= 15 is 0 Å². The van der Waals surface area contributed by atoms with Gasteiger partial charge >= 0.3 is 0 Å². The zero-order valence-corrected chi connectivity index (χ0v) is 16.0. The van der Waals surface area contributed by atoms with Gasteiger partial charge in [-0.25, -0.2) is 4.98 Å². The van der Waals surface area contributed by atoms with Gasteiger partial charge in [-0.2, -0.15) is 0 Å². The maximum atomic E-state index is 10.7. The molecule has 4 rings (SSSR count). The number of nitrogens with zero attached hydrogens (tertiary/aromatic N) is 3. The standard InChI is InChI=1S/C20H12IN3O3/c21-15-5-3-14(4-6-15)20-23-18-11-16(7-10-19(18)27-20)22-12-13-1-8-17(9-2-13)24(25)26/h1-12H. The lowest BCUT2D eigenvalue weighted by Crippen LogP contribution is -1.88. The van der Waals surface area contributed by atoms with E-state index in [0.29, 0.717) is 11.5 Å². The summed E-state index contributed by atoms with van der Waals surface area (Å²) < 4.78 is 6.97. The first-order chi connectivity index (χ1) is 13.1. The molecule has 132 valence electrons. The third-order valence-corrected chi connectivity index (χ3v) is 4.65. The highest BCUT2D eigenvalue weighted by Gasteiger charge is 2.08. The topological polar surface area (TPSA) is 81.5 Å². The Labute approximate surface area is 167 Å². The Morgan fingerprint density at radius 3 is 2.48 bits per heavy atom. The summed E-state index contributed by atoms with van der Waals surface area (Å²) in [4.78, 5) is 19.2. The van der Waals surface area contributed by atoms with E-state index in [0.717, 1.165) is 25.9 Å². The number of hydrogen-bond donors (Lipinski definition) is 0. The maximum absolute atomic E-state index is 10.7. The van der Waals surface area contributed by atoms with Crippen LogP contribution in [0.5, 0.6) is 0 Å². The fourth-order valence-corrected chi connectivity index (χ4v) is 2.90. The van der Waals surface area contributed by atoms with Gasteiger partial charge in [0.05, 0.1) is 10.6 Å². The summed E-state index contributed by atoms with van der Waals surface area (Å²) in [5, 5.41) is 10.7. The molecule has 1 heterocycles. The Hall–Kier alpha value is -3.07. The number of aromatic nitrogens is 1. The van der Waals surface area contributed by atoms with Crippen molar-refractivity contribution in [1.29, 1.82) is 0 Å². The number of aliphatic imine (C=N–C) groups is 1. The smallest absolute Gasteiger partial charge is 0.269 e. The normalized spacial score (nSPS) is 11.3. The van der Waals surface area contributed by atoms with Crippen LogP contribution in [0.4, 0.5) is 11.4 Å². The maximum Gasteiger partial charge on any atom is 0.269 e. The molecule has 0 amide bonds. The highest BCUT2D eigenvalue weighted by atomic mass is 127. The number of hydrogen-bond acceptors (Lipinski definition) is 5. The first-order valence-corrected chi connectivity index (χ1v) is 9.11. The molecular formula is C20H12IN3O3. The number of nitro groups is 1. The van der Waals surface area contributed by atoms with E-state index in [1.54, 1.807) is 18.3 Å². The molecule has 0 spiro atoms. The van der Waals surface area contributed by atoms with Crippen LogP contribution < -0.4 is 0 Å². The molecule has 0 aliphatic rings. The van der Waals surface area contributed by atoms with Crippen LogP contribution in [-0.4, -0.2) is 16.1 Å². The summed E-state index contributed by atoms with van der Waals surface area (Å²) in [6, 6.07) is 19.7. The van der Waals surface area contributed by atoms with E-state index in [2.05, 4.69) is 32.6 Å². The monoisotopic (exact) mass is 469 g/mol. The summed E-state index contributed by atoms with van der Waals surface area (Å²) in [6.07, 6.45) is 1.66. The average molecular weight is 469 g/mol. The molecule has 0 N–H and O–H groups in total. The molecule has 3 aromatic carbocycles. The molecule has 0 bridgehead atoms. The molecule has 6 nitrogen and oxygen atoms in total. The summed E-state index contributed by atoms with van der Waals surface area (Å²) in [5.41, 5.74) is 3.89.